The third-order valence-corrected chi connectivity index (χ3v) is 3.58. The van der Waals surface area contributed by atoms with Gasteiger partial charge < -0.3 is 5.32 Å². The molecule has 1 heterocycles. The van der Waals surface area contributed by atoms with Crippen LogP contribution in [0.25, 0.3) is 11.3 Å². The molecule has 1 N–H and O–H groups in total. The Bertz CT molecular complexity index is 657. The molecule has 1 aromatic carbocycles. The summed E-state index contributed by atoms with van der Waals surface area (Å²) in [6, 6.07) is 10.3. The molecule has 0 fully saturated rings. The fraction of sp³-hybridized carbons (Fsp3) is 0.412. The fourth-order valence-electron chi connectivity index (χ4n) is 2.24. The summed E-state index contributed by atoms with van der Waals surface area (Å²) in [4.78, 5) is 12.1. The highest BCUT2D eigenvalue weighted by Gasteiger charge is 2.08. The molecule has 0 saturated heterocycles. The van der Waals surface area contributed by atoms with E-state index >= 15 is 0 Å². The quantitative estimate of drug-likeness (QED) is 0.918. The molecule has 0 radical (unpaired) electrons. The molecular weight excluding hydrogens is 262 g/mol. The Morgan fingerprint density at radius 1 is 1.24 bits per heavy atom. The Hall–Kier alpha value is -1.94. The van der Waals surface area contributed by atoms with Gasteiger partial charge in [-0.05, 0) is 24.1 Å². The van der Waals surface area contributed by atoms with Gasteiger partial charge in [-0.25, -0.2) is 4.68 Å². The van der Waals surface area contributed by atoms with E-state index < -0.39 is 0 Å². The van der Waals surface area contributed by atoms with Crippen LogP contribution in [0.1, 0.15) is 37.8 Å². The van der Waals surface area contributed by atoms with Crippen LogP contribution in [0.3, 0.4) is 0 Å². The van der Waals surface area contributed by atoms with E-state index in [0.29, 0.717) is 12.5 Å². The summed E-state index contributed by atoms with van der Waals surface area (Å²) in [5.41, 5.74) is 3.88. The molecule has 2 rings (SSSR count). The van der Waals surface area contributed by atoms with E-state index in [-0.39, 0.29) is 5.56 Å². The topological polar surface area (TPSA) is 46.9 Å². The van der Waals surface area contributed by atoms with Crippen molar-refractivity contribution in [1.82, 2.24) is 15.1 Å². The van der Waals surface area contributed by atoms with E-state index in [4.69, 9.17) is 0 Å². The zero-order valence-corrected chi connectivity index (χ0v) is 13.2. The number of nitrogens with one attached hydrogen (secondary N) is 1. The Morgan fingerprint density at radius 3 is 2.48 bits per heavy atom. The first-order valence-electron chi connectivity index (χ1n) is 7.41. The van der Waals surface area contributed by atoms with Crippen LogP contribution in [-0.2, 0) is 13.6 Å². The Labute approximate surface area is 125 Å². The van der Waals surface area contributed by atoms with Crippen LogP contribution in [0.15, 0.2) is 35.1 Å². The molecule has 112 valence electrons. The third-order valence-electron chi connectivity index (χ3n) is 3.58. The van der Waals surface area contributed by atoms with Crippen molar-refractivity contribution < 1.29 is 0 Å². The summed E-state index contributed by atoms with van der Waals surface area (Å²) in [6.45, 7) is 7.78. The average Bonchev–Trinajstić information content (AvgIpc) is 2.48. The van der Waals surface area contributed by atoms with Gasteiger partial charge in [0.25, 0.3) is 5.56 Å². The van der Waals surface area contributed by atoms with Crippen LogP contribution < -0.4 is 10.9 Å². The van der Waals surface area contributed by atoms with Crippen LogP contribution in [0.4, 0.5) is 0 Å². The number of hydrogen-bond acceptors (Lipinski definition) is 3. The van der Waals surface area contributed by atoms with E-state index in [2.05, 4.69) is 48.5 Å². The lowest BCUT2D eigenvalue weighted by molar-refractivity contribution is 0.665. The average molecular weight is 285 g/mol. The SMILES string of the molecule is CCNCc1cc(-c2ccc(C(C)C)cc2)nn(C)c1=O. The molecule has 4 nitrogen and oxygen atoms in total. The summed E-state index contributed by atoms with van der Waals surface area (Å²) in [5.74, 6) is 0.511. The summed E-state index contributed by atoms with van der Waals surface area (Å²) < 4.78 is 1.42. The largest absolute Gasteiger partial charge is 0.313 e. The highest BCUT2D eigenvalue weighted by molar-refractivity contribution is 5.59. The van der Waals surface area contributed by atoms with E-state index in [1.165, 1.54) is 10.2 Å². The van der Waals surface area contributed by atoms with Crippen molar-refractivity contribution >= 4 is 0 Å². The smallest absolute Gasteiger partial charge is 0.271 e. The summed E-state index contributed by atoms with van der Waals surface area (Å²) in [6.07, 6.45) is 0. The van der Waals surface area contributed by atoms with E-state index in [1.54, 1.807) is 7.05 Å². The molecule has 0 aliphatic heterocycles. The van der Waals surface area contributed by atoms with Crippen molar-refractivity contribution in [1.29, 1.82) is 0 Å². The molecular formula is C17H23N3O. The molecule has 0 bridgehead atoms. The Morgan fingerprint density at radius 2 is 1.90 bits per heavy atom. The van der Waals surface area contributed by atoms with Crippen LogP contribution in [0.5, 0.6) is 0 Å². The Kier molecular flexibility index (Phi) is 4.91. The van der Waals surface area contributed by atoms with Crippen molar-refractivity contribution in [2.45, 2.75) is 33.2 Å². The van der Waals surface area contributed by atoms with Crippen LogP contribution in [0.2, 0.25) is 0 Å². The van der Waals surface area contributed by atoms with Gasteiger partial charge in [0.05, 0.1) is 5.69 Å². The maximum Gasteiger partial charge on any atom is 0.271 e. The maximum absolute atomic E-state index is 12.1. The van der Waals surface area contributed by atoms with Gasteiger partial charge in [0.15, 0.2) is 0 Å². The van der Waals surface area contributed by atoms with Crippen molar-refractivity contribution in [2.24, 2.45) is 7.05 Å². The predicted molar refractivity (Wildman–Crippen MR) is 86.4 cm³/mol. The molecule has 0 saturated carbocycles. The molecule has 0 spiro atoms. The minimum Gasteiger partial charge on any atom is -0.313 e. The van der Waals surface area contributed by atoms with Crippen molar-refractivity contribution in [2.75, 3.05) is 6.54 Å². The van der Waals surface area contributed by atoms with Crippen molar-refractivity contribution in [3.05, 3.63) is 51.8 Å². The molecule has 0 atom stereocenters. The lowest BCUT2D eigenvalue weighted by Gasteiger charge is -2.09. The van der Waals surface area contributed by atoms with Gasteiger partial charge in [0, 0.05) is 24.7 Å². The van der Waals surface area contributed by atoms with E-state index in [1.807, 2.05) is 13.0 Å². The van der Waals surface area contributed by atoms with Gasteiger partial charge in [-0.1, -0.05) is 45.0 Å². The van der Waals surface area contributed by atoms with Crippen LogP contribution >= 0.6 is 0 Å². The Balaban J connectivity index is 2.39. The van der Waals surface area contributed by atoms with E-state index in [9.17, 15) is 4.79 Å². The molecule has 4 heteroatoms. The summed E-state index contributed by atoms with van der Waals surface area (Å²) in [7, 11) is 1.70. The van der Waals surface area contributed by atoms with Gasteiger partial charge in [0.1, 0.15) is 0 Å². The lowest BCUT2D eigenvalue weighted by atomic mass is 10.0. The normalized spacial score (nSPS) is 11.1. The van der Waals surface area contributed by atoms with Crippen LogP contribution in [-0.4, -0.2) is 16.3 Å². The first-order valence-corrected chi connectivity index (χ1v) is 7.41. The number of hydrogen-bond donors (Lipinski definition) is 1. The van der Waals surface area contributed by atoms with Crippen molar-refractivity contribution in [3.63, 3.8) is 0 Å². The van der Waals surface area contributed by atoms with Gasteiger partial charge in [0.2, 0.25) is 0 Å². The summed E-state index contributed by atoms with van der Waals surface area (Å²) >= 11 is 0. The standard InChI is InChI=1S/C17H23N3O/c1-5-18-11-15-10-16(19-20(4)17(15)21)14-8-6-13(7-9-14)12(2)3/h6-10,12,18H,5,11H2,1-4H3. The summed E-state index contributed by atoms with van der Waals surface area (Å²) in [5, 5.41) is 7.56. The fourth-order valence-corrected chi connectivity index (χ4v) is 2.24. The van der Waals surface area contributed by atoms with Gasteiger partial charge in [-0.2, -0.15) is 5.10 Å². The molecule has 2 aromatic rings. The number of benzene rings is 1. The number of aryl methyl sites for hydroxylation is 1. The first-order chi connectivity index (χ1) is 10.0. The zero-order valence-electron chi connectivity index (χ0n) is 13.2. The minimum absolute atomic E-state index is 0.0431. The molecule has 0 unspecified atom stereocenters. The number of rotatable bonds is 5. The van der Waals surface area contributed by atoms with Gasteiger partial charge >= 0.3 is 0 Å². The minimum atomic E-state index is -0.0431. The molecule has 0 aliphatic rings. The van der Waals surface area contributed by atoms with E-state index in [0.717, 1.165) is 23.4 Å². The molecule has 0 aliphatic carbocycles. The van der Waals surface area contributed by atoms with Crippen molar-refractivity contribution in [3.8, 4) is 11.3 Å². The molecule has 21 heavy (non-hydrogen) atoms. The monoisotopic (exact) mass is 285 g/mol. The molecule has 0 amide bonds. The highest BCUT2D eigenvalue weighted by Crippen LogP contribution is 2.21. The number of aromatic nitrogens is 2. The maximum atomic E-state index is 12.1. The second-order valence-corrected chi connectivity index (χ2v) is 5.54. The number of nitrogens with zero attached hydrogens (tertiary/aromatic N) is 2. The predicted octanol–water partition coefficient (Wildman–Crippen LogP) is 2.68. The van der Waals surface area contributed by atoms with Crippen LogP contribution in [0, 0.1) is 0 Å². The third kappa shape index (κ3) is 3.58. The second kappa shape index (κ2) is 6.68. The van der Waals surface area contributed by atoms with Gasteiger partial charge in [-0.3, -0.25) is 4.79 Å². The van der Waals surface area contributed by atoms with Gasteiger partial charge in [-0.15, -0.1) is 0 Å². The second-order valence-electron chi connectivity index (χ2n) is 5.54. The zero-order chi connectivity index (χ0) is 15.4. The highest BCUT2D eigenvalue weighted by atomic mass is 16.1. The lowest BCUT2D eigenvalue weighted by Crippen LogP contribution is -2.27. The first kappa shape index (κ1) is 15.4. The molecule has 1 aromatic heterocycles.